The molecule has 0 bridgehead atoms. The first-order chi connectivity index (χ1) is 43.7. The van der Waals surface area contributed by atoms with E-state index in [-0.39, 0.29) is 0 Å². The number of hydrogen-bond acceptors (Lipinski definition) is 19. The van der Waals surface area contributed by atoms with Crippen molar-refractivity contribution < 1.29 is 0 Å². The van der Waals surface area contributed by atoms with Crippen molar-refractivity contribution in [1.82, 2.24) is 99.0 Å². The highest BCUT2D eigenvalue weighted by Gasteiger charge is 2.10. The number of piperazine rings is 1. The Morgan fingerprint density at radius 2 is 0.656 bits per heavy atom. The van der Waals surface area contributed by atoms with Crippen LogP contribution in [0.25, 0.3) is 0 Å². The van der Waals surface area contributed by atoms with E-state index in [0.717, 1.165) is 76.1 Å². The number of hydrogen-bond donors (Lipinski definition) is 13. The van der Waals surface area contributed by atoms with Gasteiger partial charge in [-0.05, 0) is 288 Å². The maximum Gasteiger partial charge on any atom is 0.0542 e. The van der Waals surface area contributed by atoms with Gasteiger partial charge in [0.15, 0.2) is 0 Å². The van der Waals surface area contributed by atoms with Crippen LogP contribution < -0.4 is 69.3 Å². The van der Waals surface area contributed by atoms with Crippen LogP contribution in [0.2, 0.25) is 0 Å². The van der Waals surface area contributed by atoms with E-state index >= 15 is 0 Å². The van der Waals surface area contributed by atoms with Gasteiger partial charge in [0.25, 0.3) is 0 Å². The van der Waals surface area contributed by atoms with Gasteiger partial charge in [-0.1, -0.05) is 58.8 Å². The molecule has 19 heteroatoms. The van der Waals surface area contributed by atoms with Crippen molar-refractivity contribution >= 4 is 0 Å². The molecular formula is C71H161N19. The van der Waals surface area contributed by atoms with Crippen molar-refractivity contribution in [1.29, 1.82) is 0 Å². The Labute approximate surface area is 560 Å². The smallest absolute Gasteiger partial charge is 0.0542 e. The quantitative estimate of drug-likeness (QED) is 0.117. The third kappa shape index (κ3) is 63.3. The number of rotatable bonds is 0. The number of likely N-dealkylation sites (tertiary alicyclic amines) is 1. The summed E-state index contributed by atoms with van der Waals surface area (Å²) in [7, 11) is 12.8. The third-order valence-electron chi connectivity index (χ3n) is 18.4. The second-order valence-electron chi connectivity index (χ2n) is 28.4. The molecule has 0 aromatic heterocycles. The van der Waals surface area contributed by atoms with Gasteiger partial charge in [-0.2, -0.15) is 0 Å². The van der Waals surface area contributed by atoms with Crippen molar-refractivity contribution in [2.45, 2.75) is 239 Å². The summed E-state index contributed by atoms with van der Waals surface area (Å²) in [5.41, 5.74) is 6.49. The summed E-state index contributed by atoms with van der Waals surface area (Å²) in [4.78, 5) is 9.35. The number of hydrazine groups is 2. The van der Waals surface area contributed by atoms with E-state index in [2.05, 4.69) is 183 Å². The van der Waals surface area contributed by atoms with Gasteiger partial charge in [0.1, 0.15) is 0 Å². The molecule has 0 aliphatic carbocycles. The third-order valence-corrected chi connectivity index (χ3v) is 18.4. The summed E-state index contributed by atoms with van der Waals surface area (Å²) in [5, 5.41) is 40.8. The standard InChI is InChI=1S/4C7H15N.2C6H14N2.C6H13N.5C5H12N2/c1-7-3-2-5-8-6-4-7;1-7-4-2-3-5-8-6-7;1-8-6-4-2-3-5-7-8;1-7-5-3-2-4-6-8-7;1-8-5-3-2-4-7-6-8;1-8-6-4-2-3-5-7-8;1-6-4-2-3-5-7-6;1-7-4-2-6-3-5-7;1-5-2-3-6-4-7-5;1-7-4-2-3-6-5-7;1-7-5-3-2-4-6-7;1-5-6-3-2-4-7-5/h2*7-8H,2-6H2,1H3;2-7H2,1H3;7-8H,2-6H2,1H3;2*7H,2-6H2,1H3;6-7H,2-5H2,1H3;6H,2-5H2,1H3;5-7H,2-4H2,1H3;2*6H,2-5H2,1H3;5-7H,2-4H2,1H3. The Hall–Kier alpha value is -0.760. The van der Waals surface area contributed by atoms with Gasteiger partial charge >= 0.3 is 0 Å². The molecule has 12 heterocycles. The second-order valence-corrected chi connectivity index (χ2v) is 28.4. The number of piperidine rings is 1. The van der Waals surface area contributed by atoms with Gasteiger partial charge < -0.3 is 68.3 Å². The summed E-state index contributed by atoms with van der Waals surface area (Å²) >= 11 is 0. The molecule has 12 aliphatic rings. The minimum absolute atomic E-state index is 0.536. The van der Waals surface area contributed by atoms with Gasteiger partial charge in [0, 0.05) is 111 Å². The summed E-state index contributed by atoms with van der Waals surface area (Å²) in [6.07, 6.45) is 37.7. The molecule has 19 nitrogen and oxygen atoms in total. The van der Waals surface area contributed by atoms with E-state index in [0.29, 0.717) is 6.17 Å². The van der Waals surface area contributed by atoms with Crippen LogP contribution in [0, 0.1) is 11.8 Å². The molecule has 5 unspecified atom stereocenters. The Kier molecular flexibility index (Phi) is 63.5. The molecule has 12 saturated heterocycles. The molecule has 0 aromatic rings. The lowest BCUT2D eigenvalue weighted by molar-refractivity contribution is 0.194. The van der Waals surface area contributed by atoms with Gasteiger partial charge in [0.2, 0.25) is 0 Å². The lowest BCUT2D eigenvalue weighted by Gasteiger charge is -2.22. The zero-order valence-electron chi connectivity index (χ0n) is 62.1. The van der Waals surface area contributed by atoms with Gasteiger partial charge in [0.05, 0.1) is 6.17 Å². The lowest BCUT2D eigenvalue weighted by atomic mass is 10.0. The molecule has 12 aliphatic heterocycles. The first-order valence-corrected chi connectivity index (χ1v) is 38.3. The van der Waals surface area contributed by atoms with E-state index < -0.39 is 0 Å². The highest BCUT2D eigenvalue weighted by Crippen LogP contribution is 2.12. The van der Waals surface area contributed by atoms with E-state index in [1.54, 1.807) is 0 Å². The molecule has 540 valence electrons. The zero-order valence-corrected chi connectivity index (χ0v) is 62.1. The van der Waals surface area contributed by atoms with E-state index in [1.165, 1.54) is 298 Å². The summed E-state index contributed by atoms with van der Waals surface area (Å²) < 4.78 is 0. The van der Waals surface area contributed by atoms with Crippen LogP contribution in [0.1, 0.15) is 215 Å². The Morgan fingerprint density at radius 3 is 1.19 bits per heavy atom. The zero-order chi connectivity index (χ0) is 65.6. The highest BCUT2D eigenvalue weighted by molar-refractivity contribution is 4.69. The van der Waals surface area contributed by atoms with Crippen molar-refractivity contribution in [3.8, 4) is 0 Å². The van der Waals surface area contributed by atoms with Gasteiger partial charge in [-0.15, -0.1) is 0 Å². The van der Waals surface area contributed by atoms with Crippen LogP contribution in [0.3, 0.4) is 0 Å². The second kappa shape index (κ2) is 65.5. The van der Waals surface area contributed by atoms with Crippen LogP contribution in [0.4, 0.5) is 0 Å². The number of nitrogens with zero attached hydrogens (tertiary/aromatic N) is 6. The summed E-state index contributed by atoms with van der Waals surface area (Å²) in [6.45, 7) is 44.6. The molecule has 0 aromatic carbocycles. The maximum absolute atomic E-state index is 3.44. The molecule has 0 spiro atoms. The molecule has 90 heavy (non-hydrogen) atoms. The monoisotopic (exact) mass is 1280 g/mol. The van der Waals surface area contributed by atoms with E-state index in [4.69, 9.17) is 0 Å². The SMILES string of the molecule is CC1CCCCCN1.CC1CCCCN1.CC1CCCCNC1.CC1CCCNCC1.CC1CCNCN1.CC1NCCCN1.CN1CCCCCC1.CN1CCCCCN1.CN1CCCCN1.CN1CCCCNC1.CN1CCCNC1.CN1CCNCC1. The van der Waals surface area contributed by atoms with E-state index in [9.17, 15) is 0 Å². The predicted molar refractivity (Wildman–Crippen MR) is 395 cm³/mol. The normalized spacial score (nSPS) is 28.2. The average Bonchev–Trinajstić information content (AvgIpc) is 4.28. The largest absolute Gasteiger partial charge is 0.317 e. The molecule has 0 amide bonds. The Bertz CT molecular complexity index is 1080. The van der Waals surface area contributed by atoms with Gasteiger partial charge in [-0.25, -0.2) is 10.0 Å². The predicted octanol–water partition coefficient (Wildman–Crippen LogP) is 7.27. The first-order valence-electron chi connectivity index (χ1n) is 38.3. The van der Waals surface area contributed by atoms with Crippen LogP contribution >= 0.6 is 0 Å². The van der Waals surface area contributed by atoms with Crippen LogP contribution in [-0.2, 0) is 0 Å². The van der Waals surface area contributed by atoms with Gasteiger partial charge in [-0.3, -0.25) is 20.7 Å². The minimum atomic E-state index is 0.536. The van der Waals surface area contributed by atoms with Crippen molar-refractivity contribution in [2.75, 3.05) is 213 Å². The van der Waals surface area contributed by atoms with Crippen molar-refractivity contribution in [3.05, 3.63) is 0 Å². The minimum Gasteiger partial charge on any atom is -0.317 e. The van der Waals surface area contributed by atoms with Crippen LogP contribution in [0.15, 0.2) is 0 Å². The molecule has 13 N–H and O–H groups in total. The number of likely N-dealkylation sites (N-methyl/N-ethyl adjacent to an activating group) is 1. The molecule has 0 radical (unpaired) electrons. The fourth-order valence-corrected chi connectivity index (χ4v) is 11.8. The Balaban J connectivity index is 0.000000491. The topological polar surface area (TPSA) is 176 Å². The molecule has 12 rings (SSSR count). The molecular weight excluding hydrogens is 1120 g/mol. The summed E-state index contributed by atoms with van der Waals surface area (Å²) in [6, 6.07) is 2.28. The highest BCUT2D eigenvalue weighted by atomic mass is 15.5. The van der Waals surface area contributed by atoms with Crippen molar-refractivity contribution in [3.63, 3.8) is 0 Å². The van der Waals surface area contributed by atoms with Crippen LogP contribution in [0.5, 0.6) is 0 Å². The van der Waals surface area contributed by atoms with E-state index in [1.807, 2.05) is 0 Å². The lowest BCUT2D eigenvalue weighted by Crippen LogP contribution is -2.45. The molecule has 12 fully saturated rings. The average molecular weight is 1280 g/mol. The molecule has 5 atom stereocenters. The number of nitrogens with one attached hydrogen (secondary N) is 13. The molecule has 0 saturated carbocycles. The van der Waals surface area contributed by atoms with Crippen molar-refractivity contribution in [2.24, 2.45) is 11.8 Å². The fraction of sp³-hybridized carbons (Fsp3) is 1.00. The van der Waals surface area contributed by atoms with Crippen LogP contribution in [-0.4, -0.2) is 267 Å². The fourth-order valence-electron chi connectivity index (χ4n) is 11.8. The Morgan fingerprint density at radius 1 is 0.244 bits per heavy atom. The first kappa shape index (κ1) is 87.3. The maximum atomic E-state index is 3.44. The summed E-state index contributed by atoms with van der Waals surface area (Å²) in [5.74, 6) is 1.88.